The molecule has 0 aliphatic carbocycles. The molecule has 1 aliphatic rings. The lowest BCUT2D eigenvalue weighted by Crippen LogP contribution is -2.47. The fraction of sp³-hybridized carbons (Fsp3) is 0.882. The van der Waals surface area contributed by atoms with Crippen molar-refractivity contribution in [3.8, 4) is 0 Å². The van der Waals surface area contributed by atoms with Gasteiger partial charge in [-0.15, -0.1) is 0 Å². The second-order valence-corrected chi connectivity index (χ2v) is 9.98. The summed E-state index contributed by atoms with van der Waals surface area (Å²) in [6.45, 7) is 3.74. The van der Waals surface area contributed by atoms with E-state index in [0.29, 0.717) is 39.1 Å². The fourth-order valence-corrected chi connectivity index (χ4v) is 3.69. The van der Waals surface area contributed by atoms with Crippen LogP contribution in [0.15, 0.2) is 0 Å². The summed E-state index contributed by atoms with van der Waals surface area (Å²) in [5.74, 6) is -0.0473. The molecule has 1 unspecified atom stereocenters. The fourth-order valence-electron chi connectivity index (χ4n) is 2.51. The van der Waals surface area contributed by atoms with E-state index < -0.39 is 13.7 Å². The van der Waals surface area contributed by atoms with Crippen molar-refractivity contribution < 1.29 is 33.0 Å². The molecule has 1 rings (SSSR count). The van der Waals surface area contributed by atoms with E-state index in [1.807, 2.05) is 6.26 Å². The molecule has 1 fully saturated rings. The number of nitrogens with one attached hydrogen (secondary N) is 2. The van der Waals surface area contributed by atoms with Crippen molar-refractivity contribution in [3.05, 3.63) is 0 Å². The Hall–Kier alpha value is -0.800. The molecule has 1 aliphatic heterocycles. The summed E-state index contributed by atoms with van der Waals surface area (Å²) < 4.78 is 26.0. The number of thioether (sulfide) groups is 1. The van der Waals surface area contributed by atoms with Crippen LogP contribution < -0.4 is 10.6 Å². The van der Waals surface area contributed by atoms with Crippen molar-refractivity contribution in [2.75, 3.05) is 52.4 Å². The van der Waals surface area contributed by atoms with Gasteiger partial charge in [-0.05, 0) is 25.5 Å². The van der Waals surface area contributed by atoms with Gasteiger partial charge in [0.25, 0.3) is 0 Å². The normalized spacial score (nSPS) is 17.2. The molecule has 1 atom stereocenters. The number of carbonyl (C=O) groups is 2. The van der Waals surface area contributed by atoms with Crippen LogP contribution >= 0.6 is 19.4 Å². The van der Waals surface area contributed by atoms with Gasteiger partial charge in [0.15, 0.2) is 0 Å². The van der Waals surface area contributed by atoms with E-state index in [0.717, 1.165) is 25.7 Å². The molecule has 0 aromatic carbocycles. The molecule has 11 heteroatoms. The summed E-state index contributed by atoms with van der Waals surface area (Å²) in [6.07, 6.45) is 5.97. The Labute approximate surface area is 171 Å². The average molecular weight is 440 g/mol. The highest BCUT2D eigenvalue weighted by atomic mass is 32.2. The zero-order chi connectivity index (χ0) is 20.9. The third kappa shape index (κ3) is 11.9. The summed E-state index contributed by atoms with van der Waals surface area (Å²) in [6, 6.07) is 0. The molecule has 0 aromatic heterocycles. The molecular weight excluding hydrogens is 407 g/mol. The minimum Gasteiger partial charge on any atom is -0.448 e. The van der Waals surface area contributed by atoms with Crippen molar-refractivity contribution in [2.24, 2.45) is 0 Å². The summed E-state index contributed by atoms with van der Waals surface area (Å²) in [7, 11) is -3.38. The first-order chi connectivity index (χ1) is 13.3. The zero-order valence-corrected chi connectivity index (χ0v) is 18.4. The SMILES string of the molecule is CSC1(CCC(=O)NCCOC(=O)NCCCCCCOP(C)(=O)O)COC1. The Morgan fingerprint density at radius 3 is 2.46 bits per heavy atom. The van der Waals surface area contributed by atoms with Crippen LogP contribution in [0.4, 0.5) is 4.79 Å². The molecular formula is C17H33N2O7PS. The average Bonchev–Trinajstić information content (AvgIpc) is 2.59. The Bertz CT molecular complexity index is 520. The Kier molecular flexibility index (Phi) is 12.1. The molecule has 0 aromatic rings. The van der Waals surface area contributed by atoms with Gasteiger partial charge in [-0.1, -0.05) is 12.8 Å². The highest BCUT2D eigenvalue weighted by molar-refractivity contribution is 8.00. The summed E-state index contributed by atoms with van der Waals surface area (Å²) >= 11 is 1.74. The lowest BCUT2D eigenvalue weighted by molar-refractivity contribution is -0.122. The van der Waals surface area contributed by atoms with Crippen LogP contribution in [-0.4, -0.2) is 74.1 Å². The molecule has 9 nitrogen and oxygen atoms in total. The zero-order valence-electron chi connectivity index (χ0n) is 16.7. The van der Waals surface area contributed by atoms with E-state index in [-0.39, 0.29) is 23.9 Å². The molecule has 1 heterocycles. The number of alkyl carbamates (subject to hydrolysis) is 1. The topological polar surface area (TPSA) is 123 Å². The third-order valence-corrected chi connectivity index (χ3v) is 6.27. The molecule has 28 heavy (non-hydrogen) atoms. The number of ether oxygens (including phenoxy) is 2. The number of rotatable bonds is 15. The van der Waals surface area contributed by atoms with Gasteiger partial charge in [-0.2, -0.15) is 11.8 Å². The standard InChI is InChI=1S/C17H33N2O7PS/c1-27(22,23)26-11-6-4-3-5-9-19-16(21)25-12-10-18-15(20)7-8-17(28-2)13-24-14-17/h3-14H2,1-2H3,(H,18,20)(H,19,21)(H,22,23). The van der Waals surface area contributed by atoms with Gasteiger partial charge in [0, 0.05) is 19.6 Å². The van der Waals surface area contributed by atoms with Gasteiger partial charge in [0.1, 0.15) is 6.61 Å². The van der Waals surface area contributed by atoms with E-state index in [4.69, 9.17) is 18.9 Å². The largest absolute Gasteiger partial charge is 0.448 e. The maximum Gasteiger partial charge on any atom is 0.407 e. The van der Waals surface area contributed by atoms with Crippen LogP contribution in [0.25, 0.3) is 0 Å². The smallest absolute Gasteiger partial charge is 0.407 e. The van der Waals surface area contributed by atoms with E-state index in [2.05, 4.69) is 10.6 Å². The van der Waals surface area contributed by atoms with Gasteiger partial charge in [-0.25, -0.2) is 4.79 Å². The Balaban J connectivity index is 1.90. The number of unbranched alkanes of at least 4 members (excludes halogenated alkanes) is 3. The molecule has 1 saturated heterocycles. The highest BCUT2D eigenvalue weighted by Gasteiger charge is 2.37. The summed E-state index contributed by atoms with van der Waals surface area (Å²) in [4.78, 5) is 32.3. The summed E-state index contributed by atoms with van der Waals surface area (Å²) in [5.41, 5.74) is 0. The van der Waals surface area contributed by atoms with Gasteiger partial charge in [0.05, 0.1) is 31.1 Å². The van der Waals surface area contributed by atoms with Crippen LogP contribution in [-0.2, 0) is 23.4 Å². The maximum absolute atomic E-state index is 11.8. The first-order valence-electron chi connectivity index (χ1n) is 9.51. The van der Waals surface area contributed by atoms with Gasteiger partial charge in [-0.3, -0.25) is 9.36 Å². The molecule has 164 valence electrons. The lowest BCUT2D eigenvalue weighted by atomic mass is 10.0. The predicted octanol–water partition coefficient (Wildman–Crippen LogP) is 2.13. The second-order valence-electron chi connectivity index (χ2n) is 6.84. The van der Waals surface area contributed by atoms with Crippen molar-refractivity contribution in [1.29, 1.82) is 0 Å². The van der Waals surface area contributed by atoms with Gasteiger partial charge < -0.3 is 29.5 Å². The van der Waals surface area contributed by atoms with Crippen LogP contribution in [0, 0.1) is 0 Å². The maximum atomic E-state index is 11.8. The molecule has 0 bridgehead atoms. The molecule has 0 radical (unpaired) electrons. The van der Waals surface area contributed by atoms with Gasteiger partial charge >= 0.3 is 13.7 Å². The number of hydrogen-bond acceptors (Lipinski definition) is 7. The van der Waals surface area contributed by atoms with Crippen molar-refractivity contribution in [3.63, 3.8) is 0 Å². The van der Waals surface area contributed by atoms with Crippen molar-refractivity contribution >= 4 is 31.4 Å². The van der Waals surface area contributed by atoms with Crippen molar-refractivity contribution in [2.45, 2.75) is 43.3 Å². The number of amides is 2. The first-order valence-corrected chi connectivity index (χ1v) is 12.8. The minimum absolute atomic E-state index is 0.0473. The monoisotopic (exact) mass is 440 g/mol. The van der Waals surface area contributed by atoms with Crippen LogP contribution in [0.1, 0.15) is 38.5 Å². The third-order valence-electron chi connectivity index (χ3n) is 4.30. The lowest BCUT2D eigenvalue weighted by Gasteiger charge is -2.39. The predicted molar refractivity (Wildman–Crippen MR) is 109 cm³/mol. The highest BCUT2D eigenvalue weighted by Crippen LogP contribution is 2.36. The van der Waals surface area contributed by atoms with E-state index in [1.54, 1.807) is 11.8 Å². The molecule has 3 N–H and O–H groups in total. The number of hydrogen-bond donors (Lipinski definition) is 3. The van der Waals surface area contributed by atoms with Crippen molar-refractivity contribution in [1.82, 2.24) is 10.6 Å². The van der Waals surface area contributed by atoms with E-state index in [9.17, 15) is 14.2 Å². The van der Waals surface area contributed by atoms with E-state index >= 15 is 0 Å². The van der Waals surface area contributed by atoms with Gasteiger partial charge in [0.2, 0.25) is 5.91 Å². The van der Waals surface area contributed by atoms with Crippen LogP contribution in [0.2, 0.25) is 0 Å². The van der Waals surface area contributed by atoms with E-state index in [1.165, 1.54) is 6.66 Å². The second kappa shape index (κ2) is 13.4. The molecule has 0 saturated carbocycles. The van der Waals surface area contributed by atoms with Crippen LogP contribution in [0.3, 0.4) is 0 Å². The van der Waals surface area contributed by atoms with Crippen LogP contribution in [0.5, 0.6) is 0 Å². The first kappa shape index (κ1) is 25.2. The Morgan fingerprint density at radius 1 is 1.14 bits per heavy atom. The molecule has 0 spiro atoms. The Morgan fingerprint density at radius 2 is 1.86 bits per heavy atom. The quantitative estimate of drug-likeness (QED) is 0.261. The summed E-state index contributed by atoms with van der Waals surface area (Å²) in [5, 5.41) is 5.39. The molecule has 2 amide bonds. The number of carbonyl (C=O) groups excluding carboxylic acids is 2. The minimum atomic E-state index is -3.38.